The molecule has 0 amide bonds. The average Bonchev–Trinajstić information content (AvgIpc) is 2.36. The fourth-order valence-corrected chi connectivity index (χ4v) is 1.69. The summed E-state index contributed by atoms with van der Waals surface area (Å²) in [5, 5.41) is 10.7. The number of Topliss-reactive ketones (excluding diaryl/α,β-unsaturated/α-hetero) is 1. The fourth-order valence-electron chi connectivity index (χ4n) is 1.69. The van der Waals surface area contributed by atoms with Crippen molar-refractivity contribution in [3.05, 3.63) is 42.1 Å². The van der Waals surface area contributed by atoms with E-state index in [1.54, 1.807) is 18.3 Å². The molecule has 0 saturated carbocycles. The van der Waals surface area contributed by atoms with Crippen molar-refractivity contribution in [3.63, 3.8) is 0 Å². The highest BCUT2D eigenvalue weighted by molar-refractivity contribution is 6.01. The lowest BCUT2D eigenvalue weighted by atomic mass is 9.97. The molecule has 17 heavy (non-hydrogen) atoms. The molecule has 0 aliphatic carbocycles. The lowest BCUT2D eigenvalue weighted by Gasteiger charge is -2.13. The van der Waals surface area contributed by atoms with E-state index < -0.39 is 6.10 Å². The van der Waals surface area contributed by atoms with Gasteiger partial charge in [-0.15, -0.1) is 0 Å². The molecular weight excluding hydrogens is 214 g/mol. The SMILES string of the molecule is CC(C)C(O)C(=O)c1ccc2cccnc2c1. The minimum absolute atomic E-state index is 0.0815. The molecule has 0 saturated heterocycles. The van der Waals surface area contributed by atoms with Gasteiger partial charge in [-0.25, -0.2) is 0 Å². The van der Waals surface area contributed by atoms with Gasteiger partial charge in [0.1, 0.15) is 6.10 Å². The molecule has 3 nitrogen and oxygen atoms in total. The van der Waals surface area contributed by atoms with Crippen molar-refractivity contribution in [1.82, 2.24) is 4.98 Å². The van der Waals surface area contributed by atoms with Crippen molar-refractivity contribution in [1.29, 1.82) is 0 Å². The zero-order valence-electron chi connectivity index (χ0n) is 9.92. The molecule has 3 heteroatoms. The topological polar surface area (TPSA) is 50.2 Å². The monoisotopic (exact) mass is 229 g/mol. The number of ketones is 1. The van der Waals surface area contributed by atoms with Gasteiger partial charge >= 0.3 is 0 Å². The quantitative estimate of drug-likeness (QED) is 0.822. The average molecular weight is 229 g/mol. The summed E-state index contributed by atoms with van der Waals surface area (Å²) in [4.78, 5) is 16.1. The molecule has 0 aliphatic rings. The predicted molar refractivity (Wildman–Crippen MR) is 66.9 cm³/mol. The van der Waals surface area contributed by atoms with Crippen LogP contribution in [-0.4, -0.2) is 22.0 Å². The Morgan fingerprint density at radius 3 is 2.76 bits per heavy atom. The minimum Gasteiger partial charge on any atom is -0.385 e. The molecule has 1 aromatic heterocycles. The Hall–Kier alpha value is -1.74. The third kappa shape index (κ3) is 2.34. The molecule has 0 radical (unpaired) electrons. The number of aliphatic hydroxyl groups excluding tert-OH is 1. The number of hydrogen-bond donors (Lipinski definition) is 1. The number of carbonyl (C=O) groups excluding carboxylic acids is 1. The summed E-state index contributed by atoms with van der Waals surface area (Å²) in [6.45, 7) is 3.64. The highest BCUT2D eigenvalue weighted by Crippen LogP contribution is 2.16. The molecule has 1 atom stereocenters. The van der Waals surface area contributed by atoms with Crippen LogP contribution in [0.4, 0.5) is 0 Å². The smallest absolute Gasteiger partial charge is 0.191 e. The Morgan fingerprint density at radius 2 is 2.06 bits per heavy atom. The molecule has 1 heterocycles. The van der Waals surface area contributed by atoms with Crippen molar-refractivity contribution in [2.45, 2.75) is 20.0 Å². The summed E-state index contributed by atoms with van der Waals surface area (Å²) in [5.41, 5.74) is 1.28. The first-order valence-electron chi connectivity index (χ1n) is 5.66. The number of fused-ring (bicyclic) bond motifs is 1. The molecule has 1 N–H and O–H groups in total. The van der Waals surface area contributed by atoms with E-state index in [0.717, 1.165) is 10.9 Å². The van der Waals surface area contributed by atoms with Crippen LogP contribution in [0.25, 0.3) is 10.9 Å². The van der Waals surface area contributed by atoms with E-state index in [9.17, 15) is 9.90 Å². The number of rotatable bonds is 3. The second-order valence-corrected chi connectivity index (χ2v) is 4.46. The number of aromatic nitrogens is 1. The lowest BCUT2D eigenvalue weighted by Crippen LogP contribution is -2.26. The minimum atomic E-state index is -0.948. The Balaban J connectivity index is 2.40. The number of nitrogens with zero attached hydrogens (tertiary/aromatic N) is 1. The van der Waals surface area contributed by atoms with Crippen LogP contribution in [0, 0.1) is 5.92 Å². The van der Waals surface area contributed by atoms with Gasteiger partial charge in [0, 0.05) is 17.1 Å². The molecule has 1 unspecified atom stereocenters. The van der Waals surface area contributed by atoms with Gasteiger partial charge in [-0.1, -0.05) is 32.0 Å². The molecule has 0 fully saturated rings. The Kier molecular flexibility index (Phi) is 3.20. The van der Waals surface area contributed by atoms with Gasteiger partial charge in [0.2, 0.25) is 0 Å². The van der Waals surface area contributed by atoms with Crippen LogP contribution in [0.2, 0.25) is 0 Å². The molecule has 0 aliphatic heterocycles. The van der Waals surface area contributed by atoms with Gasteiger partial charge in [-0.3, -0.25) is 9.78 Å². The maximum Gasteiger partial charge on any atom is 0.191 e. The molecule has 2 aromatic rings. The van der Waals surface area contributed by atoms with Crippen LogP contribution < -0.4 is 0 Å². The molecular formula is C14H15NO2. The fraction of sp³-hybridized carbons (Fsp3) is 0.286. The van der Waals surface area contributed by atoms with E-state index in [0.29, 0.717) is 5.56 Å². The molecule has 2 rings (SSSR count). The summed E-state index contributed by atoms with van der Waals surface area (Å²) in [5.74, 6) is -0.325. The van der Waals surface area contributed by atoms with Crippen molar-refractivity contribution < 1.29 is 9.90 Å². The second-order valence-electron chi connectivity index (χ2n) is 4.46. The second kappa shape index (κ2) is 4.63. The summed E-state index contributed by atoms with van der Waals surface area (Å²) in [6.07, 6.45) is 0.742. The maximum atomic E-state index is 12.0. The van der Waals surface area contributed by atoms with Crippen molar-refractivity contribution in [2.24, 2.45) is 5.92 Å². The standard InChI is InChI=1S/C14H15NO2/c1-9(2)13(16)14(17)11-6-5-10-4-3-7-15-12(10)8-11/h3-9,13,16H,1-2H3. The molecule has 0 bridgehead atoms. The number of hydrogen-bond acceptors (Lipinski definition) is 3. The predicted octanol–water partition coefficient (Wildman–Crippen LogP) is 2.43. The van der Waals surface area contributed by atoms with Crippen molar-refractivity contribution in [2.75, 3.05) is 0 Å². The summed E-state index contributed by atoms with van der Waals surface area (Å²) in [6, 6.07) is 9.10. The van der Waals surface area contributed by atoms with Crippen LogP contribution >= 0.6 is 0 Å². The number of pyridine rings is 1. The largest absolute Gasteiger partial charge is 0.385 e. The number of aliphatic hydroxyl groups is 1. The van der Waals surface area contributed by atoms with Crippen molar-refractivity contribution in [3.8, 4) is 0 Å². The Morgan fingerprint density at radius 1 is 1.29 bits per heavy atom. The zero-order chi connectivity index (χ0) is 12.4. The summed E-state index contributed by atoms with van der Waals surface area (Å²) < 4.78 is 0. The van der Waals surface area contributed by atoms with E-state index in [2.05, 4.69) is 4.98 Å². The molecule has 1 aromatic carbocycles. The Labute approximate surface area is 100 Å². The van der Waals surface area contributed by atoms with Crippen LogP contribution in [0.1, 0.15) is 24.2 Å². The molecule has 88 valence electrons. The summed E-state index contributed by atoms with van der Waals surface area (Å²) in [7, 11) is 0. The highest BCUT2D eigenvalue weighted by Gasteiger charge is 2.20. The summed E-state index contributed by atoms with van der Waals surface area (Å²) >= 11 is 0. The third-order valence-electron chi connectivity index (χ3n) is 2.79. The molecule has 0 spiro atoms. The van der Waals surface area contributed by atoms with Crippen molar-refractivity contribution >= 4 is 16.7 Å². The van der Waals surface area contributed by atoms with E-state index in [1.807, 2.05) is 32.0 Å². The third-order valence-corrected chi connectivity index (χ3v) is 2.79. The van der Waals surface area contributed by atoms with Gasteiger partial charge < -0.3 is 5.11 Å². The Bertz CT molecular complexity index is 549. The first-order chi connectivity index (χ1) is 8.09. The van der Waals surface area contributed by atoms with Crippen LogP contribution in [0.3, 0.4) is 0 Å². The van der Waals surface area contributed by atoms with Gasteiger partial charge in [-0.05, 0) is 18.1 Å². The van der Waals surface area contributed by atoms with Gasteiger partial charge in [0.25, 0.3) is 0 Å². The number of carbonyl (C=O) groups is 1. The van der Waals surface area contributed by atoms with Gasteiger partial charge in [0.05, 0.1) is 5.52 Å². The van der Waals surface area contributed by atoms with E-state index in [1.165, 1.54) is 0 Å². The maximum absolute atomic E-state index is 12.0. The normalized spacial score (nSPS) is 12.9. The van der Waals surface area contributed by atoms with Gasteiger partial charge in [0.15, 0.2) is 5.78 Å². The van der Waals surface area contributed by atoms with Crippen LogP contribution in [-0.2, 0) is 0 Å². The number of benzene rings is 1. The van der Waals surface area contributed by atoms with E-state index >= 15 is 0 Å². The highest BCUT2D eigenvalue weighted by atomic mass is 16.3. The zero-order valence-corrected chi connectivity index (χ0v) is 9.92. The van der Waals surface area contributed by atoms with Crippen LogP contribution in [0.15, 0.2) is 36.5 Å². The van der Waals surface area contributed by atoms with E-state index in [4.69, 9.17) is 0 Å². The van der Waals surface area contributed by atoms with E-state index in [-0.39, 0.29) is 11.7 Å². The first kappa shape index (κ1) is 11.7. The van der Waals surface area contributed by atoms with Gasteiger partial charge in [-0.2, -0.15) is 0 Å². The van der Waals surface area contributed by atoms with Crippen LogP contribution in [0.5, 0.6) is 0 Å². The lowest BCUT2D eigenvalue weighted by molar-refractivity contribution is 0.0648. The first-order valence-corrected chi connectivity index (χ1v) is 5.66.